The van der Waals surface area contributed by atoms with Crippen LogP contribution >= 0.6 is 0 Å². The number of halogens is 3. The highest BCUT2D eigenvalue weighted by Crippen LogP contribution is 2.43. The van der Waals surface area contributed by atoms with Crippen molar-refractivity contribution in [3.8, 4) is 0 Å². The van der Waals surface area contributed by atoms with Crippen LogP contribution in [0, 0.1) is 16.0 Å². The summed E-state index contributed by atoms with van der Waals surface area (Å²) in [4.78, 5) is 33.9. The lowest BCUT2D eigenvalue weighted by molar-refractivity contribution is -0.385. The minimum atomic E-state index is -5.42. The van der Waals surface area contributed by atoms with Crippen molar-refractivity contribution < 1.29 is 37.5 Å². The highest BCUT2D eigenvalue weighted by Gasteiger charge is 2.67. The summed E-state index contributed by atoms with van der Waals surface area (Å²) < 4.78 is 44.9. The Balaban J connectivity index is 2.60. The van der Waals surface area contributed by atoms with Crippen molar-refractivity contribution in [1.29, 1.82) is 0 Å². The smallest absolute Gasteiger partial charge is 0.437 e. The summed E-state index contributed by atoms with van der Waals surface area (Å²) in [6.07, 6.45) is -5.42. The van der Waals surface area contributed by atoms with Gasteiger partial charge in [-0.05, 0) is 12.5 Å². The Morgan fingerprint density at radius 1 is 1.46 bits per heavy atom. The molecule has 1 aliphatic rings. The number of benzene rings is 1. The number of nitrogens with one attached hydrogen (secondary N) is 2. The second-order valence-corrected chi connectivity index (χ2v) is 5.42. The molecule has 2 amide bonds. The van der Waals surface area contributed by atoms with Crippen molar-refractivity contribution in [1.82, 2.24) is 10.6 Å². The lowest BCUT2D eigenvalue weighted by Gasteiger charge is -2.44. The van der Waals surface area contributed by atoms with Gasteiger partial charge in [0.1, 0.15) is 5.92 Å². The van der Waals surface area contributed by atoms with Gasteiger partial charge in [0, 0.05) is 12.1 Å². The highest BCUT2D eigenvalue weighted by molar-refractivity contribution is 5.83. The molecule has 0 spiro atoms. The molecule has 1 aromatic rings. The van der Waals surface area contributed by atoms with Crippen LogP contribution in [-0.4, -0.2) is 40.5 Å². The SMILES string of the molecule is CCOC(=O)[C@H]1[C@H](c2cccc([N+](=O)[O-])c2)NC(=O)N[C@@]1(O)C(F)(F)F. The summed E-state index contributed by atoms with van der Waals surface area (Å²) in [6.45, 7) is 1.07. The summed E-state index contributed by atoms with van der Waals surface area (Å²) in [6, 6.07) is 1.24. The summed E-state index contributed by atoms with van der Waals surface area (Å²) in [5.74, 6) is -3.77. The maximum absolute atomic E-state index is 13.4. The maximum atomic E-state index is 13.4. The lowest BCUT2D eigenvalue weighted by atomic mass is 9.82. The largest absolute Gasteiger partial charge is 0.466 e. The summed E-state index contributed by atoms with van der Waals surface area (Å²) in [5.41, 5.74) is -4.56. The molecule has 1 fully saturated rings. The minimum absolute atomic E-state index is 0.172. The number of carbonyl (C=O) groups excluding carboxylic acids is 2. The van der Waals surface area contributed by atoms with Gasteiger partial charge in [-0.1, -0.05) is 12.1 Å². The van der Waals surface area contributed by atoms with Crippen LogP contribution < -0.4 is 10.6 Å². The van der Waals surface area contributed by atoms with Crippen LogP contribution in [0.4, 0.5) is 23.7 Å². The molecule has 1 saturated heterocycles. The van der Waals surface area contributed by atoms with E-state index in [2.05, 4.69) is 10.1 Å². The number of alkyl halides is 3. The van der Waals surface area contributed by atoms with Gasteiger partial charge >= 0.3 is 18.2 Å². The molecule has 0 aromatic heterocycles. The van der Waals surface area contributed by atoms with E-state index in [1.165, 1.54) is 24.4 Å². The molecule has 0 aliphatic carbocycles. The average molecular weight is 377 g/mol. The van der Waals surface area contributed by atoms with Gasteiger partial charge in [-0.2, -0.15) is 13.2 Å². The van der Waals surface area contributed by atoms with Crippen LogP contribution in [0.25, 0.3) is 0 Å². The van der Waals surface area contributed by atoms with Gasteiger partial charge in [-0.25, -0.2) is 4.79 Å². The number of nitrogens with zero attached hydrogens (tertiary/aromatic N) is 1. The monoisotopic (exact) mass is 377 g/mol. The number of hydrogen-bond acceptors (Lipinski definition) is 6. The Morgan fingerprint density at radius 3 is 2.65 bits per heavy atom. The molecule has 1 heterocycles. The van der Waals surface area contributed by atoms with E-state index < -0.39 is 46.5 Å². The fraction of sp³-hybridized carbons (Fsp3) is 0.429. The predicted molar refractivity (Wildman–Crippen MR) is 78.6 cm³/mol. The molecular weight excluding hydrogens is 363 g/mol. The number of rotatable bonds is 4. The van der Waals surface area contributed by atoms with Crippen molar-refractivity contribution in [2.75, 3.05) is 6.61 Å². The molecule has 1 aromatic carbocycles. The number of esters is 1. The third-order valence-electron chi connectivity index (χ3n) is 3.79. The van der Waals surface area contributed by atoms with Gasteiger partial charge < -0.3 is 20.5 Å². The molecule has 12 heteroatoms. The van der Waals surface area contributed by atoms with Crippen LogP contribution in [0.3, 0.4) is 0 Å². The first-order valence-electron chi connectivity index (χ1n) is 7.30. The second kappa shape index (κ2) is 6.78. The number of urea groups is 1. The number of ether oxygens (including phenoxy) is 1. The van der Waals surface area contributed by atoms with E-state index in [-0.39, 0.29) is 12.2 Å². The van der Waals surface area contributed by atoms with Crippen molar-refractivity contribution >= 4 is 17.7 Å². The van der Waals surface area contributed by atoms with E-state index >= 15 is 0 Å². The molecular formula is C14H14F3N3O6. The molecule has 26 heavy (non-hydrogen) atoms. The fourth-order valence-electron chi connectivity index (χ4n) is 2.65. The molecule has 0 saturated carbocycles. The number of amides is 2. The molecule has 142 valence electrons. The van der Waals surface area contributed by atoms with Gasteiger partial charge in [0.25, 0.3) is 11.4 Å². The Hall–Kier alpha value is -2.89. The molecule has 9 nitrogen and oxygen atoms in total. The maximum Gasteiger partial charge on any atom is 0.437 e. The standard InChI is InChI=1S/C14H14F3N3O6/c1-2-26-11(21)9-10(7-4-3-5-8(6-7)20(24)25)18-12(22)19-13(9,23)14(15,16)17/h3-6,9-10,23H,2H2,1H3,(H2,18,19,22)/t9-,10+,13+/m1/s1. The highest BCUT2D eigenvalue weighted by atomic mass is 19.4. The van der Waals surface area contributed by atoms with E-state index in [0.29, 0.717) is 0 Å². The van der Waals surface area contributed by atoms with Gasteiger partial charge in [-0.3, -0.25) is 14.9 Å². The normalized spacial score (nSPS) is 25.8. The fourth-order valence-corrected chi connectivity index (χ4v) is 2.65. The Labute approximate surface area is 144 Å². The Kier molecular flexibility index (Phi) is 5.07. The zero-order chi connectivity index (χ0) is 19.7. The van der Waals surface area contributed by atoms with Crippen molar-refractivity contribution in [3.05, 3.63) is 39.9 Å². The number of non-ortho nitro benzene ring substituents is 1. The van der Waals surface area contributed by atoms with Crippen molar-refractivity contribution in [2.24, 2.45) is 5.92 Å². The zero-order valence-corrected chi connectivity index (χ0v) is 13.2. The van der Waals surface area contributed by atoms with Crippen LogP contribution in [0.2, 0.25) is 0 Å². The van der Waals surface area contributed by atoms with Crippen LogP contribution in [0.15, 0.2) is 24.3 Å². The summed E-state index contributed by atoms with van der Waals surface area (Å²) in [5, 5.41) is 24.4. The molecule has 2 rings (SSSR count). The molecule has 0 radical (unpaired) electrons. The Morgan fingerprint density at radius 2 is 2.12 bits per heavy atom. The first-order chi connectivity index (χ1) is 12.0. The second-order valence-electron chi connectivity index (χ2n) is 5.42. The number of aliphatic hydroxyl groups is 1. The minimum Gasteiger partial charge on any atom is -0.466 e. The van der Waals surface area contributed by atoms with E-state index in [1.54, 1.807) is 0 Å². The van der Waals surface area contributed by atoms with Crippen molar-refractivity contribution in [2.45, 2.75) is 24.9 Å². The summed E-state index contributed by atoms with van der Waals surface area (Å²) >= 11 is 0. The first-order valence-corrected chi connectivity index (χ1v) is 7.30. The van der Waals surface area contributed by atoms with Gasteiger partial charge in [-0.15, -0.1) is 0 Å². The zero-order valence-electron chi connectivity index (χ0n) is 13.2. The van der Waals surface area contributed by atoms with E-state index in [0.717, 1.165) is 12.1 Å². The molecule has 0 bridgehead atoms. The van der Waals surface area contributed by atoms with E-state index in [9.17, 15) is 38.0 Å². The Bertz CT molecular complexity index is 741. The van der Waals surface area contributed by atoms with Crippen molar-refractivity contribution in [3.63, 3.8) is 0 Å². The topological polar surface area (TPSA) is 131 Å². The summed E-state index contributed by atoms with van der Waals surface area (Å²) in [7, 11) is 0. The van der Waals surface area contributed by atoms with Gasteiger partial charge in [0.15, 0.2) is 0 Å². The van der Waals surface area contributed by atoms with Gasteiger partial charge in [0.05, 0.1) is 17.6 Å². The molecule has 0 unspecified atom stereocenters. The van der Waals surface area contributed by atoms with E-state index in [1.807, 2.05) is 0 Å². The third-order valence-corrected chi connectivity index (χ3v) is 3.79. The number of hydrogen-bond donors (Lipinski definition) is 3. The van der Waals surface area contributed by atoms with Crippen LogP contribution in [-0.2, 0) is 9.53 Å². The average Bonchev–Trinajstić information content (AvgIpc) is 2.53. The number of nitro benzene ring substituents is 1. The molecule has 3 N–H and O–H groups in total. The lowest BCUT2D eigenvalue weighted by Crippen LogP contribution is -2.73. The third kappa shape index (κ3) is 3.40. The molecule has 1 aliphatic heterocycles. The number of nitro groups is 1. The number of carbonyl (C=O) groups is 2. The predicted octanol–water partition coefficient (Wildman–Crippen LogP) is 1.38. The molecule has 3 atom stereocenters. The van der Waals surface area contributed by atoms with E-state index in [4.69, 9.17) is 0 Å². The van der Waals surface area contributed by atoms with Crippen LogP contribution in [0.5, 0.6) is 0 Å². The quantitative estimate of drug-likeness (QED) is 0.413. The van der Waals surface area contributed by atoms with Crippen LogP contribution in [0.1, 0.15) is 18.5 Å². The first kappa shape index (κ1) is 19.4. The van der Waals surface area contributed by atoms with Gasteiger partial charge in [0.2, 0.25) is 0 Å².